The predicted octanol–water partition coefficient (Wildman–Crippen LogP) is 6.09. The Morgan fingerprint density at radius 1 is 1.25 bits per heavy atom. The Morgan fingerprint density at radius 2 is 1.84 bits per heavy atom. The summed E-state index contributed by atoms with van der Waals surface area (Å²) in [5, 5.41) is 0.389. The van der Waals surface area contributed by atoms with Crippen molar-refractivity contribution in [1.82, 2.24) is 13.9 Å². The smallest absolute Gasteiger partial charge is 0.294 e. The highest BCUT2D eigenvalue weighted by Gasteiger charge is 2.29. The molecule has 0 saturated carbocycles. The van der Waals surface area contributed by atoms with Gasteiger partial charge in [0.05, 0.1) is 17.8 Å². The summed E-state index contributed by atoms with van der Waals surface area (Å²) in [5.41, 5.74) is 0.806. The fraction of sp³-hybridized carbons (Fsp3) is 0.524. The van der Waals surface area contributed by atoms with Gasteiger partial charge in [0.2, 0.25) is 0 Å². The molecular formula is C21H30ClF2N3O3S2. The van der Waals surface area contributed by atoms with Gasteiger partial charge < -0.3 is 14.4 Å². The second-order valence-corrected chi connectivity index (χ2v) is 9.11. The van der Waals surface area contributed by atoms with Crippen molar-refractivity contribution in [1.29, 1.82) is 0 Å². The SMILES string of the molecule is CC(C)N(C)C(C)C.COc1cc(F)c(Cl)cc1C(OC=O)c1nc(SC)c(C)n1SF. The first-order valence-electron chi connectivity index (χ1n) is 9.80. The van der Waals surface area contributed by atoms with Gasteiger partial charge in [-0.25, -0.2) is 13.3 Å². The lowest BCUT2D eigenvalue weighted by Gasteiger charge is -2.24. The quantitative estimate of drug-likeness (QED) is 0.299. The second-order valence-electron chi connectivity index (χ2n) is 7.40. The second kappa shape index (κ2) is 13.3. The summed E-state index contributed by atoms with van der Waals surface area (Å²) in [7, 11) is 3.48. The van der Waals surface area contributed by atoms with Crippen LogP contribution < -0.4 is 4.74 Å². The van der Waals surface area contributed by atoms with E-state index in [4.69, 9.17) is 21.1 Å². The number of benzene rings is 1. The maximum Gasteiger partial charge on any atom is 0.294 e. The molecule has 11 heteroatoms. The summed E-state index contributed by atoms with van der Waals surface area (Å²) >= 11 is 7.07. The first kappa shape index (κ1) is 28.5. The molecule has 0 N–H and O–H groups in total. The van der Waals surface area contributed by atoms with E-state index in [-0.39, 0.29) is 41.0 Å². The standard InChI is InChI=1S/C14H13ClF2N2O3S2.C7H17N/c1-7-14(23-3)18-13(19(7)24-17)12(22-6-20)8-4-9(15)10(16)5-11(8)21-2;1-6(2)8(5)7(3)4/h4-6,12H,1-3H3;6-7H,1-5H3. The maximum absolute atomic E-state index is 13.7. The number of hydrogen-bond acceptors (Lipinski definition) is 7. The number of aromatic nitrogens is 2. The highest BCUT2D eigenvalue weighted by molar-refractivity contribution is 7.98. The van der Waals surface area contributed by atoms with Crippen molar-refractivity contribution in [3.8, 4) is 5.75 Å². The van der Waals surface area contributed by atoms with E-state index >= 15 is 0 Å². The lowest BCUT2D eigenvalue weighted by atomic mass is 10.1. The van der Waals surface area contributed by atoms with Gasteiger partial charge in [-0.3, -0.25) is 4.79 Å². The van der Waals surface area contributed by atoms with Crippen molar-refractivity contribution >= 4 is 42.2 Å². The normalized spacial score (nSPS) is 12.1. The van der Waals surface area contributed by atoms with Gasteiger partial charge >= 0.3 is 0 Å². The minimum atomic E-state index is -1.11. The Hall–Kier alpha value is -1.49. The third-order valence-electron chi connectivity index (χ3n) is 4.91. The third-order valence-corrected chi connectivity index (χ3v) is 6.57. The van der Waals surface area contributed by atoms with Crippen LogP contribution in [0, 0.1) is 12.7 Å². The Kier molecular flexibility index (Phi) is 11.8. The predicted molar refractivity (Wildman–Crippen MR) is 128 cm³/mol. The molecule has 0 radical (unpaired) electrons. The molecule has 0 aliphatic carbocycles. The van der Waals surface area contributed by atoms with Crippen LogP contribution in [-0.2, 0) is 9.53 Å². The molecule has 0 saturated heterocycles. The lowest BCUT2D eigenvalue weighted by molar-refractivity contribution is -0.132. The molecule has 0 amide bonds. The van der Waals surface area contributed by atoms with Crippen LogP contribution in [0.25, 0.3) is 0 Å². The summed E-state index contributed by atoms with van der Waals surface area (Å²) in [6.07, 6.45) is 0.676. The van der Waals surface area contributed by atoms with Crippen molar-refractivity contribution in [2.45, 2.75) is 57.8 Å². The van der Waals surface area contributed by atoms with E-state index < -0.39 is 11.9 Å². The molecule has 0 spiro atoms. The zero-order valence-electron chi connectivity index (χ0n) is 19.5. The minimum Gasteiger partial charge on any atom is -0.496 e. The monoisotopic (exact) mass is 509 g/mol. The van der Waals surface area contributed by atoms with Crippen LogP contribution in [0.1, 0.15) is 50.9 Å². The molecule has 1 aromatic heterocycles. The first-order valence-corrected chi connectivity index (χ1v) is 12.1. The van der Waals surface area contributed by atoms with Crippen LogP contribution in [0.4, 0.5) is 8.28 Å². The van der Waals surface area contributed by atoms with Gasteiger partial charge in [-0.05, 0) is 54.0 Å². The topological polar surface area (TPSA) is 56.6 Å². The molecule has 0 aliphatic rings. The van der Waals surface area contributed by atoms with E-state index in [9.17, 15) is 13.1 Å². The van der Waals surface area contributed by atoms with Crippen molar-refractivity contribution in [2.75, 3.05) is 20.4 Å². The summed E-state index contributed by atoms with van der Waals surface area (Å²) in [4.78, 5) is 17.6. The van der Waals surface area contributed by atoms with Crippen molar-refractivity contribution < 1.29 is 22.5 Å². The Balaban J connectivity index is 0.000000547. The van der Waals surface area contributed by atoms with Crippen LogP contribution in [-0.4, -0.2) is 52.8 Å². The molecule has 0 aliphatic heterocycles. The number of hydrogen-bond donors (Lipinski definition) is 0. The van der Waals surface area contributed by atoms with Crippen LogP contribution in [0.3, 0.4) is 0 Å². The molecule has 0 fully saturated rings. The zero-order valence-corrected chi connectivity index (χ0v) is 21.9. The van der Waals surface area contributed by atoms with Crippen LogP contribution in [0.2, 0.25) is 5.02 Å². The fourth-order valence-corrected chi connectivity index (χ4v) is 3.98. The number of halogens is 3. The molecular weight excluding hydrogens is 480 g/mol. The van der Waals surface area contributed by atoms with Gasteiger partial charge in [0.15, 0.2) is 24.3 Å². The molecule has 2 aromatic rings. The van der Waals surface area contributed by atoms with Crippen LogP contribution in [0.15, 0.2) is 17.2 Å². The Morgan fingerprint density at radius 3 is 2.25 bits per heavy atom. The van der Waals surface area contributed by atoms with Gasteiger partial charge in [0.25, 0.3) is 6.47 Å². The molecule has 2 rings (SSSR count). The lowest BCUT2D eigenvalue weighted by Crippen LogP contribution is -2.32. The van der Waals surface area contributed by atoms with Crippen molar-refractivity contribution in [3.63, 3.8) is 0 Å². The maximum atomic E-state index is 13.7. The Bertz CT molecular complexity index is 890. The molecule has 6 nitrogen and oxygen atoms in total. The van der Waals surface area contributed by atoms with Gasteiger partial charge in [-0.15, -0.1) is 15.6 Å². The number of carbonyl (C=O) groups is 1. The molecule has 180 valence electrons. The number of imidazole rings is 1. The van der Waals surface area contributed by atoms with E-state index in [1.807, 2.05) is 0 Å². The summed E-state index contributed by atoms with van der Waals surface area (Å²) in [6, 6.07) is 3.68. The van der Waals surface area contributed by atoms with Crippen molar-refractivity contribution in [2.24, 2.45) is 0 Å². The van der Waals surface area contributed by atoms with Gasteiger partial charge in [-0.2, -0.15) is 0 Å². The van der Waals surface area contributed by atoms with E-state index in [0.717, 1.165) is 6.07 Å². The number of carbonyl (C=O) groups excluding carboxylic acids is 1. The third kappa shape index (κ3) is 7.00. The molecule has 32 heavy (non-hydrogen) atoms. The van der Waals surface area contributed by atoms with Gasteiger partial charge in [0, 0.05) is 23.7 Å². The van der Waals surface area contributed by atoms with E-state index in [1.54, 1.807) is 13.2 Å². The molecule has 0 bridgehead atoms. The number of nitrogens with zero attached hydrogens (tertiary/aromatic N) is 3. The van der Waals surface area contributed by atoms with E-state index in [2.05, 4.69) is 44.6 Å². The fourth-order valence-electron chi connectivity index (χ4n) is 2.79. The average Bonchev–Trinajstić information content (AvgIpc) is 3.08. The van der Waals surface area contributed by atoms with Crippen molar-refractivity contribution in [3.05, 3.63) is 40.1 Å². The summed E-state index contributed by atoms with van der Waals surface area (Å²) in [5.74, 6) is -0.464. The van der Waals surface area contributed by atoms with E-state index in [0.29, 0.717) is 22.8 Å². The number of methoxy groups -OCH3 is 1. The number of rotatable bonds is 9. The minimum absolute atomic E-state index is 0.0751. The number of thioether (sulfide) groups is 1. The molecule has 1 atom stereocenters. The van der Waals surface area contributed by atoms with Crippen LogP contribution in [0.5, 0.6) is 5.75 Å². The average molecular weight is 510 g/mol. The van der Waals surface area contributed by atoms with Gasteiger partial charge in [-0.1, -0.05) is 11.6 Å². The first-order chi connectivity index (χ1) is 15.0. The van der Waals surface area contributed by atoms with Gasteiger partial charge in [0.1, 0.15) is 16.6 Å². The summed E-state index contributed by atoms with van der Waals surface area (Å²) < 4.78 is 38.5. The molecule has 1 unspecified atom stereocenters. The highest BCUT2D eigenvalue weighted by Crippen LogP contribution is 2.38. The number of ether oxygens (including phenoxy) is 2. The summed E-state index contributed by atoms with van der Waals surface area (Å²) in [6.45, 7) is 10.7. The zero-order chi connectivity index (χ0) is 24.6. The largest absolute Gasteiger partial charge is 0.496 e. The Labute approximate surface area is 202 Å². The van der Waals surface area contributed by atoms with Crippen LogP contribution >= 0.6 is 35.7 Å². The molecule has 1 heterocycles. The highest BCUT2D eigenvalue weighted by atomic mass is 35.5. The molecule has 1 aromatic carbocycles. The van der Waals surface area contributed by atoms with E-state index in [1.165, 1.54) is 28.9 Å².